The van der Waals surface area contributed by atoms with Gasteiger partial charge in [0.1, 0.15) is 0 Å². The normalized spacial score (nSPS) is 11.6. The van der Waals surface area contributed by atoms with Gasteiger partial charge in [0, 0.05) is 50.5 Å². The number of alkyl halides is 2. The van der Waals surface area contributed by atoms with E-state index in [0.717, 1.165) is 37.4 Å². The molecule has 2 nitrogen and oxygen atoms in total. The molecule has 0 radical (unpaired) electrons. The number of benzene rings is 8. The standard InChI is InChI=1S/2C28H29NP2S2.CH2Cl2.4ClH.2Ni/c2*1-33-24-14-23-29(30(25-15-6-2-7-16-25)26-17-8-3-9-18-26)31(32,27-19-10-4-11-20-27)28-21-12-5-13-22-28;2-1-3;;;;;;/h2*2-13,15-22H,14,23-24H2,1H3;1H2;4*1H;;/q;;;;;;;2*+2/p-4. The predicted octanol–water partition coefficient (Wildman–Crippen LogP) is 16.4. The first-order valence-corrected chi connectivity index (χ1v) is 40.7. The van der Waals surface area contributed by atoms with Crippen LogP contribution in [0.25, 0.3) is 0 Å². The van der Waals surface area contributed by atoms with Crippen molar-refractivity contribution >= 4 is 182 Å². The second-order valence-electron chi connectivity index (χ2n) is 15.7. The zero-order valence-electron chi connectivity index (χ0n) is 41.3. The molecule has 0 spiro atoms. The smallest absolute Gasteiger partial charge is 2.00 e. The summed E-state index contributed by atoms with van der Waals surface area (Å²) in [5, 5.41) is 10.6. The minimum Gasteiger partial charge on any atom is 2.00 e. The minimum absolute atomic E-state index is 0. The summed E-state index contributed by atoms with van der Waals surface area (Å²) in [5.74, 6) is 2.25. The van der Waals surface area contributed by atoms with Crippen molar-refractivity contribution in [3.8, 4) is 0 Å². The summed E-state index contributed by atoms with van der Waals surface area (Å²) in [6, 6.07) is 87.1. The van der Waals surface area contributed by atoms with E-state index < -0.39 is 37.3 Å². The first-order valence-electron chi connectivity index (χ1n) is 23.3. The molecule has 0 aliphatic rings. The van der Waals surface area contributed by atoms with Gasteiger partial charge in [0.25, 0.3) is 0 Å². The molecule has 404 valence electrons. The summed E-state index contributed by atoms with van der Waals surface area (Å²) in [5.41, 5.74) is 0. The molecular formula is C57H60Cl6N2Ni2P4S4. The fourth-order valence-electron chi connectivity index (χ4n) is 7.89. The number of rotatable bonds is 20. The Labute approximate surface area is 508 Å². The fraction of sp³-hybridized carbons (Fsp3) is 0.158. The van der Waals surface area contributed by atoms with Crippen molar-refractivity contribution in [3.63, 3.8) is 0 Å². The van der Waals surface area contributed by atoms with Gasteiger partial charge in [0.05, 0.1) is 17.7 Å². The van der Waals surface area contributed by atoms with Gasteiger partial charge in [0.15, 0.2) is 0 Å². The van der Waals surface area contributed by atoms with Crippen LogP contribution in [0, 0.1) is 0 Å². The molecule has 0 bridgehead atoms. The summed E-state index contributed by atoms with van der Waals surface area (Å²) >= 11 is 27.0. The number of hydrogen-bond acceptors (Lipinski definition) is 4. The van der Waals surface area contributed by atoms with E-state index in [1.54, 1.807) is 0 Å². The van der Waals surface area contributed by atoms with E-state index in [9.17, 15) is 0 Å². The van der Waals surface area contributed by atoms with Gasteiger partial charge < -0.3 is 0 Å². The minimum atomic E-state index is -2.36. The Hall–Kier alpha value is -0.733. The molecule has 8 rings (SSSR count). The number of hydrogen-bond donors (Lipinski definition) is 0. The zero-order valence-corrected chi connectivity index (χ0v) is 54.6. The molecule has 18 heteroatoms. The Balaban J connectivity index is 0.000000281. The van der Waals surface area contributed by atoms with Gasteiger partial charge >= 0.3 is 66.1 Å². The largest absolute Gasteiger partial charge is 2.00 e. The van der Waals surface area contributed by atoms with Gasteiger partial charge in [-0.25, -0.2) is 8.88 Å². The maximum atomic E-state index is 6.83. The molecule has 75 heavy (non-hydrogen) atoms. The van der Waals surface area contributed by atoms with Gasteiger partial charge in [-0.15, -0.1) is 23.2 Å². The molecule has 8 aromatic carbocycles. The van der Waals surface area contributed by atoms with E-state index in [0.29, 0.717) is 0 Å². The van der Waals surface area contributed by atoms with Crippen molar-refractivity contribution in [2.75, 3.05) is 42.4 Å². The average Bonchev–Trinajstić information content (AvgIpc) is 3.44. The number of nitrogens with zero attached hydrogens (tertiary/aromatic N) is 2. The second kappa shape index (κ2) is 36.6. The van der Waals surface area contributed by atoms with Gasteiger partial charge in [-0.05, 0) is 58.1 Å². The molecule has 0 unspecified atom stereocenters. The van der Waals surface area contributed by atoms with E-state index >= 15 is 0 Å². The molecule has 8 aromatic rings. The molecule has 0 atom stereocenters. The van der Waals surface area contributed by atoms with E-state index in [1.165, 1.54) is 42.4 Å². The van der Waals surface area contributed by atoms with Crippen LogP contribution in [-0.4, -0.2) is 51.3 Å². The number of thioether (sulfide) groups is 2. The molecule has 0 aromatic heterocycles. The summed E-state index contributed by atoms with van der Waals surface area (Å²) in [6.07, 6.45) is 2.04. The van der Waals surface area contributed by atoms with Crippen LogP contribution in [-0.2, 0) is 48.9 Å². The van der Waals surface area contributed by atoms with Crippen LogP contribution in [0.2, 0.25) is 0 Å². The SMILES string of the molecule is CSCCCN(P(c1ccccc1)c1ccccc1)P(=S)(c1ccccc1)c1ccccc1.CSCCCN(P(c1ccccc1)c1ccccc1)P(=S)(c1ccccc1)c1ccccc1.ClCCl.[Cl][Ni-2]([Cl])([Cl])[Cl].[Ni+2]. The van der Waals surface area contributed by atoms with Crippen LogP contribution in [0.4, 0.5) is 0 Å². The maximum absolute atomic E-state index is 6.83. The average molecular weight is 1360 g/mol. The topological polar surface area (TPSA) is 6.48 Å². The summed E-state index contributed by atoms with van der Waals surface area (Å²) in [6.45, 7) is 1.94. The summed E-state index contributed by atoms with van der Waals surface area (Å²) < 4.78 is 5.42. The second-order valence-corrected chi connectivity index (χ2v) is 41.7. The molecule has 0 heterocycles. The van der Waals surface area contributed by atoms with E-state index in [-0.39, 0.29) is 21.8 Å². The Morgan fingerprint density at radius 3 is 0.733 bits per heavy atom. The molecule has 0 saturated carbocycles. The van der Waals surface area contributed by atoms with E-state index in [1.807, 2.05) is 23.5 Å². The maximum Gasteiger partial charge on any atom is 2.00 e. The Morgan fingerprint density at radius 1 is 0.387 bits per heavy atom. The first kappa shape index (κ1) is 66.8. The third-order valence-electron chi connectivity index (χ3n) is 11.0. The van der Waals surface area contributed by atoms with Gasteiger partial charge in [0.2, 0.25) is 0 Å². The van der Waals surface area contributed by atoms with E-state index in [2.05, 4.69) is 264 Å². The third kappa shape index (κ3) is 21.0. The Bertz CT molecular complexity index is 2490. The van der Waals surface area contributed by atoms with Crippen LogP contribution in [0.15, 0.2) is 243 Å². The predicted molar refractivity (Wildman–Crippen MR) is 350 cm³/mol. The van der Waals surface area contributed by atoms with Crippen LogP contribution in [0.1, 0.15) is 12.8 Å². The van der Waals surface area contributed by atoms with Gasteiger partial charge in [-0.3, -0.25) is 0 Å². The van der Waals surface area contributed by atoms with Gasteiger partial charge in [-0.1, -0.05) is 266 Å². The Kier molecular flexibility index (Phi) is 32.6. The van der Waals surface area contributed by atoms with Crippen molar-refractivity contribution in [1.82, 2.24) is 8.88 Å². The first-order chi connectivity index (χ1) is 35.9. The fourth-order valence-corrected chi connectivity index (χ4v) is 25.5. The molecule has 0 fully saturated rings. The van der Waals surface area contributed by atoms with Crippen LogP contribution < -0.4 is 42.4 Å². The summed E-state index contributed by atoms with van der Waals surface area (Å²) in [4.78, 5) is 0. The molecular weight excluding hydrogens is 1290 g/mol. The van der Waals surface area contributed by atoms with Crippen molar-refractivity contribution in [2.45, 2.75) is 12.8 Å². The third-order valence-corrected chi connectivity index (χ3v) is 29.6. The van der Waals surface area contributed by atoms with E-state index in [4.69, 9.17) is 87.6 Å². The van der Waals surface area contributed by atoms with Crippen LogP contribution >= 0.6 is 116 Å². The zero-order chi connectivity index (χ0) is 53.1. The van der Waals surface area contributed by atoms with Crippen molar-refractivity contribution in [2.24, 2.45) is 0 Å². The molecule has 0 N–H and O–H groups in total. The molecule has 0 amide bonds. The molecule has 0 saturated heterocycles. The van der Waals surface area contributed by atoms with Crippen molar-refractivity contribution in [3.05, 3.63) is 243 Å². The summed E-state index contributed by atoms with van der Waals surface area (Å²) in [7, 11) is 15.7. The van der Waals surface area contributed by atoms with Crippen LogP contribution in [0.3, 0.4) is 0 Å². The monoisotopic (exact) mass is 1350 g/mol. The van der Waals surface area contributed by atoms with Gasteiger partial charge in [-0.2, -0.15) is 23.5 Å². The van der Waals surface area contributed by atoms with Crippen molar-refractivity contribution in [1.29, 1.82) is 0 Å². The van der Waals surface area contributed by atoms with Crippen LogP contribution in [0.5, 0.6) is 0 Å². The Morgan fingerprint density at radius 2 is 0.560 bits per heavy atom. The molecule has 0 aliphatic heterocycles. The van der Waals surface area contributed by atoms with Crippen molar-refractivity contribution < 1.29 is 25.3 Å². The quantitative estimate of drug-likeness (QED) is 0.0322. The number of halogens is 6. The molecule has 0 aliphatic carbocycles.